The first-order chi connectivity index (χ1) is 26.5. The molecule has 12 rings (SSSR count). The lowest BCUT2D eigenvalue weighted by Gasteiger charge is -2.50. The van der Waals surface area contributed by atoms with Crippen molar-refractivity contribution in [3.63, 3.8) is 0 Å². The Morgan fingerprint density at radius 3 is 2.22 bits per heavy atom. The van der Waals surface area contributed by atoms with Gasteiger partial charge in [0.15, 0.2) is 0 Å². The Morgan fingerprint density at radius 1 is 0.556 bits per heavy atom. The number of fused-ring (bicyclic) bond motifs is 11. The van der Waals surface area contributed by atoms with Gasteiger partial charge in [0.1, 0.15) is 0 Å². The second-order valence-corrected chi connectivity index (χ2v) is 17.4. The Bertz CT molecular complexity index is 2860. The molecule has 4 heterocycles. The molecule has 0 N–H and O–H groups in total. The number of hydrogen-bond donors (Lipinski definition) is 0. The fraction of sp³-hybridized carbons (Fsp3) is 0.160. The minimum Gasteiger partial charge on any atom is -0.334 e. The lowest BCUT2D eigenvalue weighted by Crippen LogP contribution is -2.56. The van der Waals surface area contributed by atoms with Crippen LogP contribution in [0.15, 0.2) is 152 Å². The standard InChI is InChI=1S/C50H39BN2S/c1-49-27-12-13-28-50(49,2)53(42-21-9-7-19-39(42)49)34-25-26-36-38-29-32(35-18-14-24-46-47(35)37-17-6-11-23-45(37)54-46)30-44-48(38)51(41(36)31-34)40-20-8-10-22-43(40)52(44)33-15-4-3-5-16-33/h3-11,14-26,29-31H,12-13,27-28H2,1-2H3. The number of hydrogen-bond acceptors (Lipinski definition) is 3. The first-order valence-electron chi connectivity index (χ1n) is 19.6. The van der Waals surface area contributed by atoms with Crippen molar-refractivity contribution in [1.29, 1.82) is 0 Å². The topological polar surface area (TPSA) is 6.48 Å². The van der Waals surface area contributed by atoms with E-state index in [2.05, 4.69) is 175 Å². The molecule has 7 aromatic carbocycles. The molecule has 8 aromatic rings. The monoisotopic (exact) mass is 710 g/mol. The Kier molecular flexibility index (Phi) is 6.28. The Labute approximate surface area is 321 Å². The molecule has 4 heteroatoms. The Morgan fingerprint density at radius 2 is 1.31 bits per heavy atom. The highest BCUT2D eigenvalue weighted by Gasteiger charge is 2.57. The summed E-state index contributed by atoms with van der Waals surface area (Å²) in [5, 5.41) is 2.69. The molecular weight excluding hydrogens is 671 g/mol. The molecule has 0 bridgehead atoms. The van der Waals surface area contributed by atoms with E-state index >= 15 is 0 Å². The lowest BCUT2D eigenvalue weighted by molar-refractivity contribution is 0.195. The largest absolute Gasteiger partial charge is 0.334 e. The molecular formula is C50H39BN2S. The summed E-state index contributed by atoms with van der Waals surface area (Å²) in [4.78, 5) is 5.27. The van der Waals surface area contributed by atoms with Crippen LogP contribution in [0.5, 0.6) is 0 Å². The number of nitrogens with zero attached hydrogens (tertiary/aromatic N) is 2. The van der Waals surface area contributed by atoms with Gasteiger partial charge in [-0.15, -0.1) is 11.3 Å². The Balaban J connectivity index is 1.13. The normalized spacial score (nSPS) is 20.5. The van der Waals surface area contributed by atoms with Gasteiger partial charge in [-0.05, 0) is 119 Å². The molecule has 1 aliphatic carbocycles. The SMILES string of the molecule is CC12CCCCC1(C)N(c1ccc3c(c1)B1c4ccccc4N(c4ccccc4)c4cc(-c5cccc6sc7ccccc7c56)cc-3c41)c1ccccc12. The van der Waals surface area contributed by atoms with Crippen LogP contribution in [0.3, 0.4) is 0 Å². The molecule has 2 unspecified atom stereocenters. The van der Waals surface area contributed by atoms with Gasteiger partial charge in [0.25, 0.3) is 0 Å². The number of para-hydroxylation sites is 3. The van der Waals surface area contributed by atoms with E-state index in [0.29, 0.717) is 0 Å². The van der Waals surface area contributed by atoms with Gasteiger partial charge in [-0.3, -0.25) is 0 Å². The number of rotatable bonds is 3. The first-order valence-corrected chi connectivity index (χ1v) is 20.4. The van der Waals surface area contributed by atoms with Crippen LogP contribution < -0.4 is 26.2 Å². The highest BCUT2D eigenvalue weighted by atomic mass is 32.1. The summed E-state index contributed by atoms with van der Waals surface area (Å²) in [5.74, 6) is 0. The van der Waals surface area contributed by atoms with Crippen LogP contribution in [0.2, 0.25) is 0 Å². The third-order valence-corrected chi connectivity index (χ3v) is 14.9. The predicted octanol–water partition coefficient (Wildman–Crippen LogP) is 11.7. The predicted molar refractivity (Wildman–Crippen MR) is 232 cm³/mol. The zero-order valence-corrected chi connectivity index (χ0v) is 31.5. The summed E-state index contributed by atoms with van der Waals surface area (Å²) < 4.78 is 2.68. The van der Waals surface area contributed by atoms with Crippen molar-refractivity contribution in [2.75, 3.05) is 9.80 Å². The molecule has 1 fully saturated rings. The quantitative estimate of drug-likeness (QED) is 0.168. The molecule has 258 valence electrons. The smallest absolute Gasteiger partial charge is 0.248 e. The van der Waals surface area contributed by atoms with Crippen LogP contribution in [0, 0.1) is 0 Å². The first kappa shape index (κ1) is 30.8. The summed E-state index contributed by atoms with van der Waals surface area (Å²) in [6.07, 6.45) is 5.00. The lowest BCUT2D eigenvalue weighted by atomic mass is 9.37. The second kappa shape index (κ2) is 11.0. The third kappa shape index (κ3) is 3.91. The molecule has 1 aromatic heterocycles. The van der Waals surface area contributed by atoms with E-state index in [1.54, 1.807) is 0 Å². The highest BCUT2D eigenvalue weighted by Crippen LogP contribution is 2.60. The molecule has 54 heavy (non-hydrogen) atoms. The van der Waals surface area contributed by atoms with Crippen molar-refractivity contribution in [3.05, 3.63) is 157 Å². The highest BCUT2D eigenvalue weighted by molar-refractivity contribution is 7.26. The van der Waals surface area contributed by atoms with Gasteiger partial charge in [-0.2, -0.15) is 0 Å². The zero-order valence-electron chi connectivity index (χ0n) is 30.6. The van der Waals surface area contributed by atoms with Gasteiger partial charge >= 0.3 is 0 Å². The average Bonchev–Trinajstić information content (AvgIpc) is 3.82. The fourth-order valence-corrected chi connectivity index (χ4v) is 12.3. The third-order valence-electron chi connectivity index (χ3n) is 13.8. The van der Waals surface area contributed by atoms with Crippen molar-refractivity contribution in [2.45, 2.75) is 50.5 Å². The van der Waals surface area contributed by atoms with Crippen molar-refractivity contribution in [1.82, 2.24) is 0 Å². The van der Waals surface area contributed by atoms with Crippen molar-refractivity contribution >= 4 is 83.0 Å². The zero-order chi connectivity index (χ0) is 35.8. The molecule has 0 saturated heterocycles. The molecule has 2 atom stereocenters. The van der Waals surface area contributed by atoms with Crippen LogP contribution in [0.1, 0.15) is 45.1 Å². The van der Waals surface area contributed by atoms with Crippen molar-refractivity contribution < 1.29 is 0 Å². The molecule has 0 radical (unpaired) electrons. The minimum atomic E-state index is 0.0174. The minimum absolute atomic E-state index is 0.0174. The molecule has 0 amide bonds. The maximum Gasteiger partial charge on any atom is 0.248 e. The van der Waals surface area contributed by atoms with Gasteiger partial charge in [0.05, 0.1) is 5.54 Å². The molecule has 0 spiro atoms. The van der Waals surface area contributed by atoms with Crippen LogP contribution in [0.4, 0.5) is 28.4 Å². The summed E-state index contributed by atoms with van der Waals surface area (Å²) >= 11 is 1.89. The average molecular weight is 711 g/mol. The molecule has 3 aliphatic heterocycles. The summed E-state index contributed by atoms with van der Waals surface area (Å²) in [6, 6.07) is 57.6. The molecule has 2 nitrogen and oxygen atoms in total. The van der Waals surface area contributed by atoms with E-state index < -0.39 is 0 Å². The Hall–Kier alpha value is -5.58. The van der Waals surface area contributed by atoms with Crippen LogP contribution >= 0.6 is 11.3 Å². The molecule has 1 saturated carbocycles. The number of benzene rings is 7. The number of anilines is 5. The maximum absolute atomic E-state index is 2.74. The second-order valence-electron chi connectivity index (χ2n) is 16.3. The van der Waals surface area contributed by atoms with Crippen molar-refractivity contribution in [3.8, 4) is 22.3 Å². The number of thiophene rings is 1. The van der Waals surface area contributed by atoms with Gasteiger partial charge in [-0.1, -0.05) is 116 Å². The summed E-state index contributed by atoms with van der Waals surface area (Å²) in [6.45, 7) is 5.23. The van der Waals surface area contributed by atoms with E-state index in [4.69, 9.17) is 0 Å². The van der Waals surface area contributed by atoms with Gasteiger partial charge in [0, 0.05) is 54.0 Å². The van der Waals surface area contributed by atoms with Gasteiger partial charge < -0.3 is 9.80 Å². The van der Waals surface area contributed by atoms with E-state index in [-0.39, 0.29) is 17.7 Å². The molecule has 4 aliphatic rings. The van der Waals surface area contributed by atoms with Crippen LogP contribution in [-0.4, -0.2) is 12.3 Å². The maximum atomic E-state index is 2.74. The summed E-state index contributed by atoms with van der Waals surface area (Å²) in [7, 11) is 0. The van der Waals surface area contributed by atoms with E-state index in [9.17, 15) is 0 Å². The van der Waals surface area contributed by atoms with Gasteiger partial charge in [-0.25, -0.2) is 0 Å². The van der Waals surface area contributed by atoms with E-state index in [1.165, 1.54) is 118 Å². The summed E-state index contributed by atoms with van der Waals surface area (Å²) in [5.41, 5.74) is 17.6. The van der Waals surface area contributed by atoms with Crippen LogP contribution in [0.25, 0.3) is 42.4 Å². The van der Waals surface area contributed by atoms with Crippen LogP contribution in [-0.2, 0) is 5.41 Å². The van der Waals surface area contributed by atoms with E-state index in [0.717, 1.165) is 0 Å². The fourth-order valence-electron chi connectivity index (χ4n) is 11.2. The van der Waals surface area contributed by atoms with Crippen molar-refractivity contribution in [2.24, 2.45) is 0 Å². The van der Waals surface area contributed by atoms with E-state index in [1.807, 2.05) is 11.3 Å². The van der Waals surface area contributed by atoms with Gasteiger partial charge in [0.2, 0.25) is 6.71 Å².